The van der Waals surface area contributed by atoms with E-state index in [4.69, 9.17) is 15.3 Å². The molecule has 3 saturated carbocycles. The van der Waals surface area contributed by atoms with E-state index in [0.29, 0.717) is 18.5 Å². The van der Waals surface area contributed by atoms with Crippen molar-refractivity contribution in [2.75, 3.05) is 13.1 Å². The molecule has 0 N–H and O–H groups in total. The lowest BCUT2D eigenvalue weighted by molar-refractivity contribution is -0.0593. The number of carbonyl (C=O) groups excluding carboxylic acids is 1. The number of fused-ring (bicyclic) bond motifs is 5. The summed E-state index contributed by atoms with van der Waals surface area (Å²) in [5, 5.41) is 17.9. The number of ether oxygens (including phenoxy) is 1. The second kappa shape index (κ2) is 12.7. The van der Waals surface area contributed by atoms with Gasteiger partial charge in [0.2, 0.25) is 0 Å². The third kappa shape index (κ3) is 6.19. The lowest BCUT2D eigenvalue weighted by Crippen LogP contribution is -2.51. The SMILES string of the molecule is CC(C)CCC[C@H](C)[C@H]1CC[C@H]2[C@@H]3CC=C4C[C@@H](OC(=O)N(CCC#N)CCC#N)CC[C@]4(C)[C@H]3CC[C@]12C. The fourth-order valence-electron chi connectivity index (χ4n) is 9.63. The second-order valence-electron chi connectivity index (χ2n) is 14.3. The lowest BCUT2D eigenvalue weighted by Gasteiger charge is -2.58. The van der Waals surface area contributed by atoms with Crippen LogP contribution in [0.4, 0.5) is 4.79 Å². The van der Waals surface area contributed by atoms with Crippen LogP contribution in [0.2, 0.25) is 0 Å². The fourth-order valence-corrected chi connectivity index (χ4v) is 9.63. The zero-order valence-electron chi connectivity index (χ0n) is 25.4. The number of hydrogen-bond donors (Lipinski definition) is 0. The van der Waals surface area contributed by atoms with Crippen LogP contribution >= 0.6 is 0 Å². The first-order valence-corrected chi connectivity index (χ1v) is 16.0. The van der Waals surface area contributed by atoms with Crippen molar-refractivity contribution in [1.82, 2.24) is 4.90 Å². The van der Waals surface area contributed by atoms with Crippen molar-refractivity contribution >= 4 is 6.09 Å². The van der Waals surface area contributed by atoms with E-state index in [9.17, 15) is 4.79 Å². The first-order valence-electron chi connectivity index (χ1n) is 16.0. The molecule has 4 aliphatic rings. The van der Waals surface area contributed by atoms with Gasteiger partial charge in [-0.25, -0.2) is 4.79 Å². The molecule has 0 bridgehead atoms. The van der Waals surface area contributed by atoms with Crippen LogP contribution in [0.25, 0.3) is 0 Å². The van der Waals surface area contributed by atoms with Crippen LogP contribution in [0.5, 0.6) is 0 Å². The molecule has 0 saturated heterocycles. The van der Waals surface area contributed by atoms with Gasteiger partial charge in [0.25, 0.3) is 0 Å². The van der Waals surface area contributed by atoms with Crippen molar-refractivity contribution in [2.24, 2.45) is 46.3 Å². The fraction of sp³-hybridized carbons (Fsp3) is 0.853. The van der Waals surface area contributed by atoms with Crippen LogP contribution in [-0.2, 0) is 4.74 Å². The summed E-state index contributed by atoms with van der Waals surface area (Å²) in [6.07, 6.45) is 16.3. The topological polar surface area (TPSA) is 77.1 Å². The van der Waals surface area contributed by atoms with Crippen LogP contribution in [0.3, 0.4) is 0 Å². The van der Waals surface area contributed by atoms with E-state index in [1.807, 2.05) is 0 Å². The van der Waals surface area contributed by atoms with E-state index in [2.05, 4.69) is 52.8 Å². The van der Waals surface area contributed by atoms with Gasteiger partial charge in [-0.15, -0.1) is 0 Å². The zero-order chi connectivity index (χ0) is 28.2. The molecule has 1 amide bonds. The van der Waals surface area contributed by atoms with E-state index >= 15 is 0 Å². The Bertz CT molecular complexity index is 958. The van der Waals surface area contributed by atoms with Crippen molar-refractivity contribution in [3.05, 3.63) is 11.6 Å². The number of nitriles is 2. The molecule has 5 heteroatoms. The summed E-state index contributed by atoms with van der Waals surface area (Å²) in [4.78, 5) is 14.4. The van der Waals surface area contributed by atoms with Gasteiger partial charge in [0.1, 0.15) is 6.10 Å². The van der Waals surface area contributed by atoms with Crippen LogP contribution < -0.4 is 0 Å². The minimum absolute atomic E-state index is 0.101. The standard InChI is InChI=1S/C34H53N3O2/c1-24(2)9-6-10-25(3)29-13-14-30-28-12-11-26-23-27(39-32(38)37(21-7-19-35)22-8-20-36)15-17-33(26,4)31(28)16-18-34(29,30)5/h11,24-25,27-31H,6-10,12-18,21-23H2,1-5H3/t25-,27-,28-,29+,30-,31-,33-,34+/m0/s1. The van der Waals surface area contributed by atoms with Crippen molar-refractivity contribution in [3.63, 3.8) is 0 Å². The Hall–Kier alpha value is -2.01. The summed E-state index contributed by atoms with van der Waals surface area (Å²) < 4.78 is 5.98. The largest absolute Gasteiger partial charge is 0.446 e. The Labute approximate surface area is 238 Å². The van der Waals surface area contributed by atoms with Gasteiger partial charge in [0.15, 0.2) is 0 Å². The monoisotopic (exact) mass is 535 g/mol. The molecule has 0 spiro atoms. The molecule has 8 atom stereocenters. The lowest BCUT2D eigenvalue weighted by atomic mass is 9.47. The Morgan fingerprint density at radius 2 is 1.74 bits per heavy atom. The predicted molar refractivity (Wildman–Crippen MR) is 155 cm³/mol. The molecule has 4 aliphatic carbocycles. The minimum Gasteiger partial charge on any atom is -0.446 e. The quantitative estimate of drug-likeness (QED) is 0.262. The maximum Gasteiger partial charge on any atom is 0.410 e. The van der Waals surface area contributed by atoms with Crippen LogP contribution in [0.15, 0.2) is 11.6 Å². The third-order valence-corrected chi connectivity index (χ3v) is 11.8. The molecule has 39 heavy (non-hydrogen) atoms. The molecule has 3 fully saturated rings. The van der Waals surface area contributed by atoms with E-state index in [1.54, 1.807) is 0 Å². The molecule has 0 unspecified atom stereocenters. The molecule has 216 valence electrons. The Balaban J connectivity index is 1.40. The van der Waals surface area contributed by atoms with Crippen LogP contribution in [0.1, 0.15) is 118 Å². The highest BCUT2D eigenvalue weighted by Gasteiger charge is 2.59. The number of amides is 1. The van der Waals surface area contributed by atoms with E-state index < -0.39 is 0 Å². The first-order chi connectivity index (χ1) is 18.6. The molecule has 5 nitrogen and oxygen atoms in total. The van der Waals surface area contributed by atoms with Crippen LogP contribution in [-0.4, -0.2) is 30.2 Å². The van der Waals surface area contributed by atoms with E-state index in [1.165, 1.54) is 61.8 Å². The normalized spacial score (nSPS) is 36.0. The van der Waals surface area contributed by atoms with Gasteiger partial charge in [-0.3, -0.25) is 0 Å². The van der Waals surface area contributed by atoms with Gasteiger partial charge in [-0.2, -0.15) is 10.5 Å². The molecule has 0 radical (unpaired) electrons. The van der Waals surface area contributed by atoms with Crippen molar-refractivity contribution in [2.45, 2.75) is 124 Å². The summed E-state index contributed by atoms with van der Waals surface area (Å²) in [5.74, 6) is 4.95. The molecule has 4 rings (SSSR count). The van der Waals surface area contributed by atoms with E-state index in [0.717, 1.165) is 54.8 Å². The Morgan fingerprint density at radius 1 is 1.03 bits per heavy atom. The first kappa shape index (κ1) is 30.0. The summed E-state index contributed by atoms with van der Waals surface area (Å²) in [7, 11) is 0. The van der Waals surface area contributed by atoms with E-state index in [-0.39, 0.29) is 30.5 Å². The summed E-state index contributed by atoms with van der Waals surface area (Å²) in [6, 6.07) is 4.20. The molecule has 0 heterocycles. The molecular weight excluding hydrogens is 482 g/mol. The second-order valence-corrected chi connectivity index (χ2v) is 14.3. The summed E-state index contributed by atoms with van der Waals surface area (Å²) >= 11 is 0. The van der Waals surface area contributed by atoms with Gasteiger partial charge in [0.05, 0.1) is 25.0 Å². The third-order valence-electron chi connectivity index (χ3n) is 11.8. The highest BCUT2D eigenvalue weighted by atomic mass is 16.6. The molecule has 0 aromatic rings. The minimum atomic E-state index is -0.365. The van der Waals surface area contributed by atoms with Gasteiger partial charge < -0.3 is 9.64 Å². The number of carbonyl (C=O) groups is 1. The highest BCUT2D eigenvalue weighted by molar-refractivity contribution is 5.68. The Kier molecular flexibility index (Phi) is 9.73. The Morgan fingerprint density at radius 3 is 2.41 bits per heavy atom. The average Bonchev–Trinajstić information content (AvgIpc) is 3.26. The number of nitrogens with zero attached hydrogens (tertiary/aromatic N) is 3. The number of rotatable bonds is 10. The molecule has 0 aliphatic heterocycles. The van der Waals surface area contributed by atoms with Gasteiger partial charge in [0, 0.05) is 19.5 Å². The van der Waals surface area contributed by atoms with Crippen molar-refractivity contribution < 1.29 is 9.53 Å². The highest BCUT2D eigenvalue weighted by Crippen LogP contribution is 2.67. The maximum absolute atomic E-state index is 12.9. The average molecular weight is 536 g/mol. The number of allylic oxidation sites excluding steroid dienone is 1. The van der Waals surface area contributed by atoms with Crippen molar-refractivity contribution in [1.29, 1.82) is 10.5 Å². The van der Waals surface area contributed by atoms with Crippen LogP contribution in [0, 0.1) is 69.0 Å². The number of hydrogen-bond acceptors (Lipinski definition) is 4. The smallest absolute Gasteiger partial charge is 0.410 e. The van der Waals surface area contributed by atoms with Gasteiger partial charge >= 0.3 is 6.09 Å². The predicted octanol–water partition coefficient (Wildman–Crippen LogP) is 8.66. The summed E-state index contributed by atoms with van der Waals surface area (Å²) in [6.45, 7) is 13.1. The van der Waals surface area contributed by atoms with Gasteiger partial charge in [-0.1, -0.05) is 65.5 Å². The molecule has 0 aromatic carbocycles. The van der Waals surface area contributed by atoms with Crippen molar-refractivity contribution in [3.8, 4) is 12.1 Å². The summed E-state index contributed by atoms with van der Waals surface area (Å²) in [5.41, 5.74) is 2.26. The van der Waals surface area contributed by atoms with Gasteiger partial charge in [-0.05, 0) is 91.3 Å². The maximum atomic E-state index is 12.9. The molecular formula is C34H53N3O2. The zero-order valence-corrected chi connectivity index (χ0v) is 25.4. The molecule has 0 aromatic heterocycles.